The Morgan fingerprint density at radius 2 is 2.04 bits per heavy atom. The van der Waals surface area contributed by atoms with Crippen LogP contribution in [0.4, 0.5) is 0 Å². The molecule has 1 aliphatic heterocycles. The van der Waals surface area contributed by atoms with Crippen LogP contribution in [0.5, 0.6) is 17.2 Å². The number of nitrogens with zero attached hydrogens (tertiary/aromatic N) is 1. The molecule has 1 atom stereocenters. The molecule has 0 aromatic heterocycles. The molecule has 1 aliphatic rings. The lowest BCUT2D eigenvalue weighted by atomic mass is 9.82. The quantitative estimate of drug-likeness (QED) is 0.607. The molecule has 3 N–H and O–H groups in total. The van der Waals surface area contributed by atoms with Crippen LogP contribution in [0.1, 0.15) is 24.0 Å². The Bertz CT molecular complexity index is 1160. The molecule has 5 nitrogen and oxygen atoms in total. The van der Waals surface area contributed by atoms with Gasteiger partial charge in [-0.3, -0.25) is 0 Å². The summed E-state index contributed by atoms with van der Waals surface area (Å²) in [6.45, 7) is 2.25. The molecular weight excluding hydrogens is 420 g/mol. The number of allylic oxidation sites excluding steroid dienone is 1. The summed E-state index contributed by atoms with van der Waals surface area (Å²) < 4.78 is 11.9. The summed E-state index contributed by atoms with van der Waals surface area (Å²) in [5, 5.41) is 22.0. The molecule has 0 bridgehead atoms. The van der Waals surface area contributed by atoms with Crippen molar-refractivity contribution in [3.8, 4) is 23.3 Å². The van der Waals surface area contributed by atoms with E-state index in [1.165, 1.54) is 0 Å². The first-order chi connectivity index (χ1) is 13.5. The fourth-order valence-electron chi connectivity index (χ4n) is 3.56. The van der Waals surface area contributed by atoms with Crippen LogP contribution in [0.25, 0.3) is 10.8 Å². The second-order valence-corrected chi connectivity index (χ2v) is 7.27. The predicted molar refractivity (Wildman–Crippen MR) is 110 cm³/mol. The summed E-state index contributed by atoms with van der Waals surface area (Å²) in [6, 6.07) is 17.5. The Kier molecular flexibility index (Phi) is 4.62. The van der Waals surface area contributed by atoms with Crippen LogP contribution in [0, 0.1) is 11.3 Å². The molecule has 28 heavy (non-hydrogen) atoms. The monoisotopic (exact) mass is 436 g/mol. The maximum Gasteiger partial charge on any atom is 0.205 e. The molecule has 0 saturated heterocycles. The normalized spacial score (nSPS) is 15.7. The van der Waals surface area contributed by atoms with Gasteiger partial charge in [-0.25, -0.2) is 0 Å². The Balaban J connectivity index is 1.99. The van der Waals surface area contributed by atoms with Gasteiger partial charge in [0, 0.05) is 10.9 Å². The van der Waals surface area contributed by atoms with Gasteiger partial charge < -0.3 is 20.3 Å². The van der Waals surface area contributed by atoms with Crippen LogP contribution in [0.2, 0.25) is 0 Å². The van der Waals surface area contributed by atoms with Gasteiger partial charge in [-0.2, -0.15) is 5.26 Å². The van der Waals surface area contributed by atoms with Crippen LogP contribution >= 0.6 is 15.9 Å². The molecule has 0 fully saturated rings. The minimum atomic E-state index is -0.436. The van der Waals surface area contributed by atoms with Crippen LogP contribution < -0.4 is 15.2 Å². The highest BCUT2D eigenvalue weighted by Crippen LogP contribution is 2.47. The number of ether oxygens (including phenoxy) is 2. The number of fused-ring (bicyclic) bond motifs is 3. The van der Waals surface area contributed by atoms with Crippen molar-refractivity contribution in [3.63, 3.8) is 0 Å². The van der Waals surface area contributed by atoms with Gasteiger partial charge in [-0.05, 0) is 45.9 Å². The van der Waals surface area contributed by atoms with E-state index >= 15 is 0 Å². The summed E-state index contributed by atoms with van der Waals surface area (Å²) in [5.41, 5.74) is 8.06. The first kappa shape index (κ1) is 18.2. The average molecular weight is 437 g/mol. The van der Waals surface area contributed by atoms with Crippen molar-refractivity contribution in [1.82, 2.24) is 0 Å². The van der Waals surface area contributed by atoms with E-state index < -0.39 is 5.92 Å². The number of phenols is 1. The lowest BCUT2D eigenvalue weighted by Crippen LogP contribution is -2.21. The van der Waals surface area contributed by atoms with Crippen LogP contribution in [0.3, 0.4) is 0 Å². The maximum absolute atomic E-state index is 10.3. The van der Waals surface area contributed by atoms with Gasteiger partial charge in [0.15, 0.2) is 11.5 Å². The zero-order chi connectivity index (χ0) is 19.8. The second-order valence-electron chi connectivity index (χ2n) is 6.41. The third-order valence-electron chi connectivity index (χ3n) is 4.79. The molecule has 0 saturated carbocycles. The van der Waals surface area contributed by atoms with E-state index in [0.29, 0.717) is 28.2 Å². The predicted octanol–water partition coefficient (Wildman–Crippen LogP) is 4.92. The fraction of sp³-hybridized carbons (Fsp3) is 0.136. The summed E-state index contributed by atoms with van der Waals surface area (Å²) in [5.74, 6) is 0.651. The molecule has 0 spiro atoms. The van der Waals surface area contributed by atoms with Crippen molar-refractivity contribution in [1.29, 1.82) is 5.26 Å². The number of phenolic OH excluding ortho intramolecular Hbond substituents is 1. The van der Waals surface area contributed by atoms with Gasteiger partial charge in [0.05, 0.1) is 17.0 Å². The van der Waals surface area contributed by atoms with Gasteiger partial charge in [-0.15, -0.1) is 0 Å². The highest BCUT2D eigenvalue weighted by atomic mass is 79.9. The number of rotatable bonds is 3. The summed E-state index contributed by atoms with van der Waals surface area (Å²) >= 11 is 3.38. The van der Waals surface area contributed by atoms with Gasteiger partial charge in [0.2, 0.25) is 5.88 Å². The van der Waals surface area contributed by atoms with Crippen molar-refractivity contribution >= 4 is 26.7 Å². The fourth-order valence-corrected chi connectivity index (χ4v) is 4.02. The van der Waals surface area contributed by atoms with Crippen molar-refractivity contribution in [2.75, 3.05) is 6.61 Å². The van der Waals surface area contributed by atoms with Crippen LogP contribution in [0.15, 0.2) is 64.5 Å². The van der Waals surface area contributed by atoms with Crippen molar-refractivity contribution in [3.05, 3.63) is 75.6 Å². The minimum Gasteiger partial charge on any atom is -0.503 e. The molecular formula is C22H17BrN2O3. The highest BCUT2D eigenvalue weighted by molar-refractivity contribution is 9.10. The van der Waals surface area contributed by atoms with E-state index in [4.69, 9.17) is 15.2 Å². The molecule has 3 aromatic rings. The van der Waals surface area contributed by atoms with Crippen LogP contribution in [-0.4, -0.2) is 11.7 Å². The van der Waals surface area contributed by atoms with Crippen molar-refractivity contribution in [2.24, 2.45) is 5.73 Å². The first-order valence-corrected chi connectivity index (χ1v) is 9.58. The minimum absolute atomic E-state index is 0.0202. The number of nitriles is 1. The largest absolute Gasteiger partial charge is 0.503 e. The number of hydrogen-bond donors (Lipinski definition) is 2. The lowest BCUT2D eigenvalue weighted by Gasteiger charge is -2.28. The number of hydrogen-bond acceptors (Lipinski definition) is 5. The Labute approximate surface area is 170 Å². The molecule has 6 heteroatoms. The highest BCUT2D eigenvalue weighted by Gasteiger charge is 2.32. The number of nitrogens with two attached hydrogens (primary N) is 1. The molecule has 3 aromatic carbocycles. The SMILES string of the molecule is CCOc1cc([C@@H]2C(C#N)=C(N)Oc3c2ccc2ccccc32)cc(Br)c1O. The third-order valence-corrected chi connectivity index (χ3v) is 5.40. The zero-order valence-corrected chi connectivity index (χ0v) is 16.7. The van der Waals surface area contributed by atoms with Gasteiger partial charge in [-0.1, -0.05) is 36.4 Å². The Hall–Kier alpha value is -3.17. The smallest absolute Gasteiger partial charge is 0.205 e. The maximum atomic E-state index is 10.3. The standard InChI is InChI=1S/C22H17BrN2O3/c1-2-27-18-10-13(9-17(23)20(18)26)19-15-8-7-12-5-3-4-6-14(12)21(15)28-22(25)16(19)11-24/h3-10,19,26H,2,25H2,1H3/t19-/m0/s1. The Morgan fingerprint density at radius 1 is 1.25 bits per heavy atom. The molecule has 4 rings (SSSR count). The van der Waals surface area contributed by atoms with Crippen molar-refractivity contribution in [2.45, 2.75) is 12.8 Å². The van der Waals surface area contributed by atoms with E-state index in [2.05, 4.69) is 22.0 Å². The third kappa shape index (κ3) is 2.85. The lowest BCUT2D eigenvalue weighted by molar-refractivity contribution is 0.316. The van der Waals surface area contributed by atoms with Crippen molar-refractivity contribution < 1.29 is 14.6 Å². The van der Waals surface area contributed by atoms with E-state index in [1.807, 2.05) is 43.3 Å². The van der Waals surface area contributed by atoms with E-state index in [1.54, 1.807) is 12.1 Å². The van der Waals surface area contributed by atoms with Gasteiger partial charge in [0.25, 0.3) is 0 Å². The summed E-state index contributed by atoms with van der Waals surface area (Å²) in [4.78, 5) is 0. The van der Waals surface area contributed by atoms with E-state index in [-0.39, 0.29) is 11.6 Å². The average Bonchev–Trinajstić information content (AvgIpc) is 2.70. The molecule has 0 radical (unpaired) electrons. The zero-order valence-electron chi connectivity index (χ0n) is 15.1. The van der Waals surface area contributed by atoms with E-state index in [9.17, 15) is 10.4 Å². The van der Waals surface area contributed by atoms with Gasteiger partial charge in [0.1, 0.15) is 17.4 Å². The summed E-state index contributed by atoms with van der Waals surface area (Å²) in [7, 11) is 0. The number of benzene rings is 3. The number of aromatic hydroxyl groups is 1. The molecule has 140 valence electrons. The van der Waals surface area contributed by atoms with Gasteiger partial charge >= 0.3 is 0 Å². The molecule has 1 heterocycles. The number of halogens is 1. The summed E-state index contributed by atoms with van der Waals surface area (Å²) in [6.07, 6.45) is 0. The van der Waals surface area contributed by atoms with E-state index in [0.717, 1.165) is 21.9 Å². The molecule has 0 unspecified atom stereocenters. The molecule has 0 aliphatic carbocycles. The topological polar surface area (TPSA) is 88.5 Å². The van der Waals surface area contributed by atoms with Crippen LogP contribution in [-0.2, 0) is 0 Å². The Morgan fingerprint density at radius 3 is 2.79 bits per heavy atom. The molecule has 0 amide bonds. The second kappa shape index (κ2) is 7.10. The first-order valence-electron chi connectivity index (χ1n) is 8.79.